The molecule has 0 fully saturated rings. The Morgan fingerprint density at radius 3 is 2.67 bits per heavy atom. The molecule has 7 heteroatoms. The minimum Gasteiger partial charge on any atom is -0.345 e. The van der Waals surface area contributed by atoms with Crippen molar-refractivity contribution in [2.75, 3.05) is 31.4 Å². The number of nitrogens with zero attached hydrogens (tertiary/aromatic N) is 1. The summed E-state index contributed by atoms with van der Waals surface area (Å²) in [5.74, 6) is 0.270. The van der Waals surface area contributed by atoms with Crippen LogP contribution in [0.25, 0.3) is 0 Å². The number of amides is 2. The third-order valence-corrected chi connectivity index (χ3v) is 3.72. The predicted octanol–water partition coefficient (Wildman–Crippen LogP) is 2.06. The summed E-state index contributed by atoms with van der Waals surface area (Å²) in [5.41, 5.74) is 6.59. The van der Waals surface area contributed by atoms with Crippen LogP contribution in [-0.2, 0) is 4.79 Å². The molecule has 0 unspecified atom stereocenters. The lowest BCUT2D eigenvalue weighted by Crippen LogP contribution is -2.36. The SMILES string of the molecule is CSCC[C@@H](N)C(=O)Nc1cc(Cl)ccc1C(=O)N(C)C. The molecule has 21 heavy (non-hydrogen) atoms. The molecule has 0 bridgehead atoms. The van der Waals surface area contributed by atoms with Crippen LogP contribution in [0.1, 0.15) is 16.8 Å². The number of hydrogen-bond donors (Lipinski definition) is 2. The van der Waals surface area contributed by atoms with Gasteiger partial charge in [0.1, 0.15) is 0 Å². The van der Waals surface area contributed by atoms with Gasteiger partial charge in [0, 0.05) is 19.1 Å². The van der Waals surface area contributed by atoms with Gasteiger partial charge < -0.3 is 16.0 Å². The smallest absolute Gasteiger partial charge is 0.255 e. The van der Waals surface area contributed by atoms with E-state index in [-0.39, 0.29) is 11.8 Å². The minimum atomic E-state index is -0.612. The van der Waals surface area contributed by atoms with Crippen molar-refractivity contribution in [3.05, 3.63) is 28.8 Å². The first-order valence-corrected chi connectivity index (χ1v) is 8.20. The molecule has 5 nitrogen and oxygen atoms in total. The van der Waals surface area contributed by atoms with Crippen LogP contribution in [0.15, 0.2) is 18.2 Å². The van der Waals surface area contributed by atoms with Gasteiger partial charge in [0.25, 0.3) is 5.91 Å². The van der Waals surface area contributed by atoms with Crippen molar-refractivity contribution < 1.29 is 9.59 Å². The van der Waals surface area contributed by atoms with Gasteiger partial charge in [0.15, 0.2) is 0 Å². The zero-order valence-electron chi connectivity index (χ0n) is 12.4. The number of nitrogens with two attached hydrogens (primary N) is 1. The van der Waals surface area contributed by atoms with Gasteiger partial charge in [0.05, 0.1) is 17.3 Å². The molecule has 0 radical (unpaired) electrons. The summed E-state index contributed by atoms with van der Waals surface area (Å²) in [6.07, 6.45) is 2.53. The number of halogens is 1. The molecule has 1 rings (SSSR count). The maximum atomic E-state index is 12.1. The molecule has 0 aliphatic carbocycles. The number of nitrogens with one attached hydrogen (secondary N) is 1. The molecule has 0 aliphatic heterocycles. The van der Waals surface area contributed by atoms with E-state index in [9.17, 15) is 9.59 Å². The Labute approximate surface area is 134 Å². The number of hydrogen-bond acceptors (Lipinski definition) is 4. The van der Waals surface area contributed by atoms with Gasteiger partial charge in [-0.3, -0.25) is 9.59 Å². The van der Waals surface area contributed by atoms with Gasteiger partial charge in [-0.25, -0.2) is 0 Å². The van der Waals surface area contributed by atoms with Crippen LogP contribution in [0.5, 0.6) is 0 Å². The van der Waals surface area contributed by atoms with Gasteiger partial charge in [0.2, 0.25) is 5.91 Å². The number of benzene rings is 1. The Balaban J connectivity index is 2.93. The molecule has 0 aliphatic rings. The largest absolute Gasteiger partial charge is 0.345 e. The van der Waals surface area contributed by atoms with Crippen molar-refractivity contribution in [1.82, 2.24) is 4.90 Å². The second-order valence-electron chi connectivity index (χ2n) is 4.77. The van der Waals surface area contributed by atoms with Crippen LogP contribution in [0.3, 0.4) is 0 Å². The Morgan fingerprint density at radius 1 is 1.43 bits per heavy atom. The molecule has 0 saturated heterocycles. The van der Waals surface area contributed by atoms with Crippen LogP contribution in [0, 0.1) is 0 Å². The molecule has 1 aromatic rings. The molecule has 1 atom stereocenters. The second-order valence-corrected chi connectivity index (χ2v) is 6.19. The van der Waals surface area contributed by atoms with E-state index in [1.54, 1.807) is 44.1 Å². The summed E-state index contributed by atoms with van der Waals surface area (Å²) in [5, 5.41) is 3.13. The van der Waals surface area contributed by atoms with Crippen molar-refractivity contribution in [3.63, 3.8) is 0 Å². The van der Waals surface area contributed by atoms with Gasteiger partial charge >= 0.3 is 0 Å². The zero-order valence-corrected chi connectivity index (χ0v) is 13.9. The fraction of sp³-hybridized carbons (Fsp3) is 0.429. The van der Waals surface area contributed by atoms with E-state index < -0.39 is 6.04 Å². The number of carbonyl (C=O) groups is 2. The summed E-state index contributed by atoms with van der Waals surface area (Å²) < 4.78 is 0. The molecular formula is C14H20ClN3O2S. The standard InChI is InChI=1S/C14H20ClN3O2S/c1-18(2)14(20)10-5-4-9(15)8-12(10)17-13(19)11(16)6-7-21-3/h4-5,8,11H,6-7,16H2,1-3H3,(H,17,19)/t11-/m1/s1. The summed E-state index contributed by atoms with van der Waals surface area (Å²) in [7, 11) is 3.29. The van der Waals surface area contributed by atoms with Crippen molar-refractivity contribution in [1.29, 1.82) is 0 Å². The van der Waals surface area contributed by atoms with Gasteiger partial charge in [-0.2, -0.15) is 11.8 Å². The van der Waals surface area contributed by atoms with Crippen molar-refractivity contribution >= 4 is 40.9 Å². The topological polar surface area (TPSA) is 75.4 Å². The summed E-state index contributed by atoms with van der Waals surface area (Å²) in [6, 6.07) is 4.14. The second kappa shape index (κ2) is 8.26. The Bertz CT molecular complexity index is 523. The third kappa shape index (κ3) is 5.22. The van der Waals surface area contributed by atoms with Gasteiger partial charge in [-0.05, 0) is 36.6 Å². The average Bonchev–Trinajstić information content (AvgIpc) is 2.44. The van der Waals surface area contributed by atoms with Crippen LogP contribution < -0.4 is 11.1 Å². The Hall–Kier alpha value is -1.24. The molecule has 0 heterocycles. The van der Waals surface area contributed by atoms with E-state index in [0.717, 1.165) is 5.75 Å². The maximum Gasteiger partial charge on any atom is 0.255 e. The molecule has 1 aromatic carbocycles. The fourth-order valence-corrected chi connectivity index (χ4v) is 2.31. The average molecular weight is 330 g/mol. The predicted molar refractivity (Wildman–Crippen MR) is 89.1 cm³/mol. The van der Waals surface area contributed by atoms with Crippen LogP contribution in [0.2, 0.25) is 5.02 Å². The van der Waals surface area contributed by atoms with Crippen molar-refractivity contribution in [2.24, 2.45) is 5.73 Å². The molecule has 2 amide bonds. The first-order valence-electron chi connectivity index (χ1n) is 6.43. The van der Waals surface area contributed by atoms with E-state index >= 15 is 0 Å². The quantitative estimate of drug-likeness (QED) is 0.837. The van der Waals surface area contributed by atoms with Crippen molar-refractivity contribution in [3.8, 4) is 0 Å². The lowest BCUT2D eigenvalue weighted by Gasteiger charge is -2.17. The molecular weight excluding hydrogens is 310 g/mol. The number of carbonyl (C=O) groups excluding carboxylic acids is 2. The minimum absolute atomic E-state index is 0.209. The van der Waals surface area contributed by atoms with E-state index in [4.69, 9.17) is 17.3 Å². The first kappa shape index (κ1) is 17.8. The lowest BCUT2D eigenvalue weighted by atomic mass is 10.1. The maximum absolute atomic E-state index is 12.1. The number of anilines is 1. The summed E-state index contributed by atoms with van der Waals surface area (Å²) >= 11 is 7.56. The van der Waals surface area contributed by atoms with Crippen molar-refractivity contribution in [2.45, 2.75) is 12.5 Å². The molecule has 116 valence electrons. The molecule has 0 aromatic heterocycles. The fourth-order valence-electron chi connectivity index (χ4n) is 1.65. The molecule has 0 spiro atoms. The van der Waals surface area contributed by atoms with E-state index in [1.807, 2.05) is 6.26 Å². The highest BCUT2D eigenvalue weighted by atomic mass is 35.5. The first-order chi connectivity index (χ1) is 9.86. The third-order valence-electron chi connectivity index (χ3n) is 2.85. The summed E-state index contributed by atoms with van der Waals surface area (Å²) in [6.45, 7) is 0. The highest BCUT2D eigenvalue weighted by Gasteiger charge is 2.18. The number of rotatable bonds is 6. The van der Waals surface area contributed by atoms with E-state index in [2.05, 4.69) is 5.32 Å². The highest BCUT2D eigenvalue weighted by Crippen LogP contribution is 2.22. The monoisotopic (exact) mass is 329 g/mol. The van der Waals surface area contributed by atoms with E-state index in [1.165, 1.54) is 4.90 Å². The van der Waals surface area contributed by atoms with Gasteiger partial charge in [-0.1, -0.05) is 11.6 Å². The highest BCUT2D eigenvalue weighted by molar-refractivity contribution is 7.98. The van der Waals surface area contributed by atoms with Gasteiger partial charge in [-0.15, -0.1) is 0 Å². The van der Waals surface area contributed by atoms with Crippen LogP contribution in [0.4, 0.5) is 5.69 Å². The van der Waals surface area contributed by atoms with Crippen LogP contribution >= 0.6 is 23.4 Å². The van der Waals surface area contributed by atoms with Crippen LogP contribution in [-0.4, -0.2) is 48.9 Å². The molecule has 0 saturated carbocycles. The summed E-state index contributed by atoms with van der Waals surface area (Å²) in [4.78, 5) is 25.6. The lowest BCUT2D eigenvalue weighted by molar-refractivity contribution is -0.117. The number of thioether (sulfide) groups is 1. The molecule has 3 N–H and O–H groups in total. The van der Waals surface area contributed by atoms with E-state index in [0.29, 0.717) is 22.7 Å². The normalized spacial score (nSPS) is 11.9. The Kier molecular flexibility index (Phi) is 7.01. The Morgan fingerprint density at radius 2 is 2.10 bits per heavy atom. The zero-order chi connectivity index (χ0) is 16.0.